The third-order valence-corrected chi connectivity index (χ3v) is 4.79. The van der Waals surface area contributed by atoms with Crippen molar-refractivity contribution in [2.75, 3.05) is 32.2 Å². The molecule has 3 aromatic carbocycles. The number of carbonyl (C=O) groups is 2. The van der Waals surface area contributed by atoms with Crippen LogP contribution >= 0.6 is 0 Å². The number of methoxy groups -OCH3 is 1. The zero-order valence-corrected chi connectivity index (χ0v) is 18.2. The van der Waals surface area contributed by atoms with Gasteiger partial charge in [0.25, 0.3) is 11.8 Å². The molecule has 3 aromatic rings. The summed E-state index contributed by atoms with van der Waals surface area (Å²) in [5, 5.41) is 5.68. The van der Waals surface area contributed by atoms with Crippen LogP contribution < -0.4 is 15.4 Å². The predicted octanol–water partition coefficient (Wildman–Crippen LogP) is 4.33. The summed E-state index contributed by atoms with van der Waals surface area (Å²) in [4.78, 5) is 25.0. The first kappa shape index (κ1) is 23.0. The first-order chi connectivity index (χ1) is 15.7. The number of anilines is 1. The standard InChI is InChI=1S/C26H28N2O4/c1-31-16-7-15-27-25(29)21-10-5-12-23(18-21)28-26(30)22-11-6-13-24(19-22)32-17-14-20-8-3-2-4-9-20/h2-6,8-13,18-19H,7,14-17H2,1H3,(H,27,29)(H,28,30). The summed E-state index contributed by atoms with van der Waals surface area (Å²) in [7, 11) is 1.63. The molecule has 2 N–H and O–H groups in total. The molecule has 0 heterocycles. The zero-order valence-electron chi connectivity index (χ0n) is 18.2. The highest BCUT2D eigenvalue weighted by atomic mass is 16.5. The van der Waals surface area contributed by atoms with E-state index in [-0.39, 0.29) is 11.8 Å². The van der Waals surface area contributed by atoms with Crippen molar-refractivity contribution in [3.63, 3.8) is 0 Å². The highest BCUT2D eigenvalue weighted by molar-refractivity contribution is 6.05. The molecule has 6 heteroatoms. The Morgan fingerprint density at radius 2 is 1.56 bits per heavy atom. The maximum atomic E-state index is 12.7. The van der Waals surface area contributed by atoms with Gasteiger partial charge >= 0.3 is 0 Å². The molecule has 0 unspecified atom stereocenters. The van der Waals surface area contributed by atoms with E-state index in [4.69, 9.17) is 9.47 Å². The molecule has 0 aliphatic heterocycles. The first-order valence-electron chi connectivity index (χ1n) is 10.6. The lowest BCUT2D eigenvalue weighted by molar-refractivity contribution is 0.0947. The van der Waals surface area contributed by atoms with E-state index >= 15 is 0 Å². The van der Waals surface area contributed by atoms with Crippen LogP contribution in [0.2, 0.25) is 0 Å². The Kier molecular flexibility index (Phi) is 8.83. The molecule has 3 rings (SSSR count). The second-order valence-electron chi connectivity index (χ2n) is 7.25. The Balaban J connectivity index is 1.55. The van der Waals surface area contributed by atoms with Crippen molar-refractivity contribution >= 4 is 17.5 Å². The summed E-state index contributed by atoms with van der Waals surface area (Å²) in [6.45, 7) is 1.64. The molecule has 0 aromatic heterocycles. The van der Waals surface area contributed by atoms with E-state index in [1.54, 1.807) is 49.6 Å². The summed E-state index contributed by atoms with van der Waals surface area (Å²) in [6.07, 6.45) is 1.53. The average Bonchev–Trinajstić information content (AvgIpc) is 2.83. The van der Waals surface area contributed by atoms with Gasteiger partial charge in [-0.05, 0) is 48.4 Å². The van der Waals surface area contributed by atoms with Crippen LogP contribution in [0.5, 0.6) is 5.75 Å². The van der Waals surface area contributed by atoms with Gasteiger partial charge in [0.05, 0.1) is 6.61 Å². The molecule has 0 radical (unpaired) electrons. The maximum Gasteiger partial charge on any atom is 0.255 e. The van der Waals surface area contributed by atoms with E-state index in [9.17, 15) is 9.59 Å². The fourth-order valence-electron chi connectivity index (χ4n) is 3.12. The van der Waals surface area contributed by atoms with Gasteiger partial charge in [-0.1, -0.05) is 42.5 Å². The van der Waals surface area contributed by atoms with E-state index < -0.39 is 0 Å². The Hall–Kier alpha value is -3.64. The Bertz CT molecular complexity index is 1020. The molecule has 0 saturated carbocycles. The van der Waals surface area contributed by atoms with Gasteiger partial charge in [0.15, 0.2) is 0 Å². The molecule has 6 nitrogen and oxygen atoms in total. The molecule has 2 amide bonds. The average molecular weight is 433 g/mol. The van der Waals surface area contributed by atoms with Crippen LogP contribution in [0.15, 0.2) is 78.9 Å². The molecular weight excluding hydrogens is 404 g/mol. The lowest BCUT2D eigenvalue weighted by Crippen LogP contribution is -2.25. The van der Waals surface area contributed by atoms with Gasteiger partial charge < -0.3 is 20.1 Å². The van der Waals surface area contributed by atoms with Crippen LogP contribution in [-0.2, 0) is 11.2 Å². The number of rotatable bonds is 11. The van der Waals surface area contributed by atoms with Gasteiger partial charge in [-0.15, -0.1) is 0 Å². The van der Waals surface area contributed by atoms with Crippen LogP contribution in [0.1, 0.15) is 32.7 Å². The molecule has 0 saturated heterocycles. The Labute approximate surface area is 188 Å². The minimum absolute atomic E-state index is 0.189. The molecule has 0 fully saturated rings. The van der Waals surface area contributed by atoms with Crippen molar-refractivity contribution in [3.05, 3.63) is 95.6 Å². The van der Waals surface area contributed by atoms with Crippen molar-refractivity contribution in [1.29, 1.82) is 0 Å². The van der Waals surface area contributed by atoms with Gasteiger partial charge in [-0.25, -0.2) is 0 Å². The minimum Gasteiger partial charge on any atom is -0.493 e. The van der Waals surface area contributed by atoms with Gasteiger partial charge in [0, 0.05) is 43.5 Å². The number of nitrogens with one attached hydrogen (secondary N) is 2. The van der Waals surface area contributed by atoms with Gasteiger partial charge in [0.2, 0.25) is 0 Å². The highest BCUT2D eigenvalue weighted by Gasteiger charge is 2.10. The lowest BCUT2D eigenvalue weighted by atomic mass is 10.1. The second kappa shape index (κ2) is 12.3. The van der Waals surface area contributed by atoms with Gasteiger partial charge in [0.1, 0.15) is 5.75 Å². The topological polar surface area (TPSA) is 76.7 Å². The number of amides is 2. The van der Waals surface area contributed by atoms with Crippen LogP contribution in [0.4, 0.5) is 5.69 Å². The van der Waals surface area contributed by atoms with Crippen molar-refractivity contribution in [3.8, 4) is 5.75 Å². The number of benzene rings is 3. The van der Waals surface area contributed by atoms with Crippen molar-refractivity contribution < 1.29 is 19.1 Å². The smallest absolute Gasteiger partial charge is 0.255 e. The first-order valence-corrected chi connectivity index (χ1v) is 10.6. The Morgan fingerprint density at radius 3 is 2.34 bits per heavy atom. The molecule has 32 heavy (non-hydrogen) atoms. The van der Waals surface area contributed by atoms with Crippen LogP contribution in [0.25, 0.3) is 0 Å². The minimum atomic E-state index is -0.267. The summed E-state index contributed by atoms with van der Waals surface area (Å²) >= 11 is 0. The number of carbonyl (C=O) groups excluding carboxylic acids is 2. The quantitative estimate of drug-likeness (QED) is 0.442. The van der Waals surface area contributed by atoms with Crippen LogP contribution in [0, 0.1) is 0 Å². The Morgan fingerprint density at radius 1 is 0.812 bits per heavy atom. The van der Waals surface area contributed by atoms with E-state index in [0.717, 1.165) is 12.8 Å². The molecule has 0 atom stereocenters. The van der Waals surface area contributed by atoms with E-state index in [1.165, 1.54) is 5.56 Å². The maximum absolute atomic E-state index is 12.7. The largest absolute Gasteiger partial charge is 0.493 e. The summed E-state index contributed by atoms with van der Waals surface area (Å²) in [5.74, 6) is 0.181. The van der Waals surface area contributed by atoms with Gasteiger partial charge in [-0.2, -0.15) is 0 Å². The van der Waals surface area contributed by atoms with Crippen LogP contribution in [0.3, 0.4) is 0 Å². The number of hydrogen-bond acceptors (Lipinski definition) is 4. The monoisotopic (exact) mass is 432 g/mol. The predicted molar refractivity (Wildman–Crippen MR) is 125 cm³/mol. The van der Waals surface area contributed by atoms with Crippen LogP contribution in [-0.4, -0.2) is 38.7 Å². The lowest BCUT2D eigenvalue weighted by Gasteiger charge is -2.10. The third-order valence-electron chi connectivity index (χ3n) is 4.79. The van der Waals surface area contributed by atoms with E-state index in [2.05, 4.69) is 22.8 Å². The van der Waals surface area contributed by atoms with Crippen molar-refractivity contribution in [2.45, 2.75) is 12.8 Å². The molecule has 166 valence electrons. The zero-order chi connectivity index (χ0) is 22.6. The van der Waals surface area contributed by atoms with Gasteiger partial charge in [-0.3, -0.25) is 9.59 Å². The molecule has 0 bridgehead atoms. The SMILES string of the molecule is COCCCNC(=O)c1cccc(NC(=O)c2cccc(OCCc3ccccc3)c2)c1. The molecule has 0 aliphatic carbocycles. The van der Waals surface area contributed by atoms with Crippen molar-refractivity contribution in [1.82, 2.24) is 5.32 Å². The summed E-state index contributed by atoms with van der Waals surface area (Å²) in [5.41, 5.74) is 2.72. The van der Waals surface area contributed by atoms with Crippen molar-refractivity contribution in [2.24, 2.45) is 0 Å². The highest BCUT2D eigenvalue weighted by Crippen LogP contribution is 2.17. The molecular formula is C26H28N2O4. The summed E-state index contributed by atoms with van der Waals surface area (Å²) < 4.78 is 10.8. The fraction of sp³-hybridized carbons (Fsp3) is 0.231. The number of ether oxygens (including phenoxy) is 2. The molecule has 0 spiro atoms. The third kappa shape index (κ3) is 7.25. The summed E-state index contributed by atoms with van der Waals surface area (Å²) in [6, 6.07) is 24.0. The normalized spacial score (nSPS) is 10.4. The fourth-order valence-corrected chi connectivity index (χ4v) is 3.12. The number of hydrogen-bond donors (Lipinski definition) is 2. The van der Waals surface area contributed by atoms with E-state index in [1.807, 2.05) is 24.3 Å². The van der Waals surface area contributed by atoms with E-state index in [0.29, 0.717) is 42.3 Å². The second-order valence-corrected chi connectivity index (χ2v) is 7.25. The molecule has 0 aliphatic rings.